The smallest absolute Gasteiger partial charge is 0.314 e. The maximum Gasteiger partial charge on any atom is 0.348 e. The van der Waals surface area contributed by atoms with Crippen LogP contribution in [0, 0.1) is 0 Å². The van der Waals surface area contributed by atoms with Crippen LogP contribution in [0.4, 0.5) is 0 Å². The number of piperazine rings is 1. The molecule has 0 bridgehead atoms. The number of aromatic nitrogens is 2. The number of rotatable bonds is 3. The van der Waals surface area contributed by atoms with E-state index >= 15 is 0 Å². The SMILES string of the molecule is CC(C)(CN1CCNCC1)n1cccnc1=O. The van der Waals surface area contributed by atoms with E-state index < -0.39 is 0 Å². The lowest BCUT2D eigenvalue weighted by Gasteiger charge is -2.36. The zero-order valence-electron chi connectivity index (χ0n) is 10.5. The summed E-state index contributed by atoms with van der Waals surface area (Å²) >= 11 is 0. The van der Waals surface area contributed by atoms with Crippen LogP contribution < -0.4 is 11.0 Å². The van der Waals surface area contributed by atoms with Crippen LogP contribution in [-0.2, 0) is 5.54 Å². The third-order valence-electron chi connectivity index (χ3n) is 3.18. The fourth-order valence-electron chi connectivity index (χ4n) is 2.31. The van der Waals surface area contributed by atoms with Crippen molar-refractivity contribution in [1.29, 1.82) is 0 Å². The Hall–Kier alpha value is -1.20. The monoisotopic (exact) mass is 236 g/mol. The highest BCUT2D eigenvalue weighted by Crippen LogP contribution is 2.14. The summed E-state index contributed by atoms with van der Waals surface area (Å²) in [5.41, 5.74) is -0.393. The van der Waals surface area contributed by atoms with Gasteiger partial charge in [-0.2, -0.15) is 0 Å². The van der Waals surface area contributed by atoms with E-state index in [9.17, 15) is 4.79 Å². The van der Waals surface area contributed by atoms with Gasteiger partial charge in [-0.1, -0.05) is 0 Å². The molecule has 0 spiro atoms. The zero-order valence-corrected chi connectivity index (χ0v) is 10.5. The molecule has 0 amide bonds. The van der Waals surface area contributed by atoms with E-state index in [1.54, 1.807) is 16.8 Å². The van der Waals surface area contributed by atoms with Gasteiger partial charge in [0.1, 0.15) is 0 Å². The fraction of sp³-hybridized carbons (Fsp3) is 0.667. The van der Waals surface area contributed by atoms with Crippen LogP contribution in [0.25, 0.3) is 0 Å². The van der Waals surface area contributed by atoms with Gasteiger partial charge in [0, 0.05) is 45.1 Å². The van der Waals surface area contributed by atoms with Crippen molar-refractivity contribution in [3.8, 4) is 0 Å². The summed E-state index contributed by atoms with van der Waals surface area (Å²) in [6.07, 6.45) is 3.36. The van der Waals surface area contributed by atoms with Crippen molar-refractivity contribution in [3.05, 3.63) is 28.9 Å². The van der Waals surface area contributed by atoms with Gasteiger partial charge in [0.25, 0.3) is 0 Å². The number of nitrogens with zero attached hydrogens (tertiary/aromatic N) is 3. The van der Waals surface area contributed by atoms with Gasteiger partial charge in [-0.05, 0) is 19.9 Å². The Kier molecular flexibility index (Phi) is 3.59. The Bertz CT molecular complexity index is 421. The molecule has 2 rings (SSSR count). The Morgan fingerprint density at radius 2 is 2.12 bits per heavy atom. The minimum Gasteiger partial charge on any atom is -0.314 e. The van der Waals surface area contributed by atoms with Crippen LogP contribution in [0.5, 0.6) is 0 Å². The van der Waals surface area contributed by atoms with Crippen LogP contribution >= 0.6 is 0 Å². The maximum atomic E-state index is 11.7. The molecule has 1 saturated heterocycles. The molecule has 1 aromatic rings. The second kappa shape index (κ2) is 4.98. The van der Waals surface area contributed by atoms with Gasteiger partial charge in [0.2, 0.25) is 0 Å². The second-order valence-electron chi connectivity index (χ2n) is 5.11. The van der Waals surface area contributed by atoms with E-state index in [1.807, 2.05) is 6.20 Å². The number of hydrogen-bond acceptors (Lipinski definition) is 4. The topological polar surface area (TPSA) is 50.2 Å². The van der Waals surface area contributed by atoms with Crippen molar-refractivity contribution >= 4 is 0 Å². The molecule has 5 heteroatoms. The van der Waals surface area contributed by atoms with Crippen LogP contribution in [0.15, 0.2) is 23.3 Å². The first-order valence-electron chi connectivity index (χ1n) is 6.07. The van der Waals surface area contributed by atoms with Crippen LogP contribution in [-0.4, -0.2) is 47.2 Å². The summed E-state index contributed by atoms with van der Waals surface area (Å²) in [5, 5.41) is 3.33. The first-order valence-corrected chi connectivity index (χ1v) is 6.07. The molecule has 0 aliphatic carbocycles. The molecule has 2 heterocycles. The van der Waals surface area contributed by atoms with Gasteiger partial charge in [0.15, 0.2) is 0 Å². The molecular weight excluding hydrogens is 216 g/mol. The zero-order chi connectivity index (χ0) is 12.3. The summed E-state index contributed by atoms with van der Waals surface area (Å²) < 4.78 is 1.72. The molecule has 0 saturated carbocycles. The average molecular weight is 236 g/mol. The molecule has 94 valence electrons. The van der Waals surface area contributed by atoms with Crippen molar-refractivity contribution < 1.29 is 0 Å². The highest BCUT2D eigenvalue weighted by Gasteiger charge is 2.25. The van der Waals surface area contributed by atoms with Crippen molar-refractivity contribution in [2.45, 2.75) is 19.4 Å². The molecule has 5 nitrogen and oxygen atoms in total. The van der Waals surface area contributed by atoms with Gasteiger partial charge in [-0.25, -0.2) is 9.78 Å². The molecule has 0 aromatic carbocycles. The lowest BCUT2D eigenvalue weighted by molar-refractivity contribution is 0.160. The Morgan fingerprint density at radius 1 is 1.41 bits per heavy atom. The molecule has 1 N–H and O–H groups in total. The average Bonchev–Trinajstić information content (AvgIpc) is 2.30. The van der Waals surface area contributed by atoms with Gasteiger partial charge in [-0.15, -0.1) is 0 Å². The maximum absolute atomic E-state index is 11.7. The minimum absolute atomic E-state index is 0.173. The molecule has 1 aliphatic heterocycles. The molecule has 1 aliphatic rings. The van der Waals surface area contributed by atoms with Crippen LogP contribution in [0.1, 0.15) is 13.8 Å². The summed E-state index contributed by atoms with van der Waals surface area (Å²) in [6, 6.07) is 1.81. The molecule has 0 radical (unpaired) electrons. The predicted molar refractivity (Wildman–Crippen MR) is 67.1 cm³/mol. The van der Waals surface area contributed by atoms with Crippen molar-refractivity contribution in [1.82, 2.24) is 19.8 Å². The first kappa shape index (κ1) is 12.3. The molecule has 1 aromatic heterocycles. The van der Waals surface area contributed by atoms with Gasteiger partial charge in [-0.3, -0.25) is 9.47 Å². The summed E-state index contributed by atoms with van der Waals surface area (Å²) in [7, 11) is 0. The highest BCUT2D eigenvalue weighted by molar-refractivity contribution is 4.91. The van der Waals surface area contributed by atoms with Crippen molar-refractivity contribution in [3.63, 3.8) is 0 Å². The van der Waals surface area contributed by atoms with Crippen LogP contribution in [0.3, 0.4) is 0 Å². The number of hydrogen-bond donors (Lipinski definition) is 1. The standard InChI is InChI=1S/C12H20N4O/c1-12(2,10-15-8-5-13-6-9-15)16-7-3-4-14-11(16)17/h3-4,7,13H,5-6,8-10H2,1-2H3. The lowest BCUT2D eigenvalue weighted by atomic mass is 10.0. The van der Waals surface area contributed by atoms with E-state index in [-0.39, 0.29) is 11.2 Å². The molecular formula is C12H20N4O. The van der Waals surface area contributed by atoms with E-state index in [1.165, 1.54) is 0 Å². The summed E-state index contributed by atoms with van der Waals surface area (Å²) in [5.74, 6) is 0. The summed E-state index contributed by atoms with van der Waals surface area (Å²) in [6.45, 7) is 9.17. The second-order valence-corrected chi connectivity index (χ2v) is 5.11. The first-order chi connectivity index (χ1) is 8.09. The highest BCUT2D eigenvalue weighted by atomic mass is 16.1. The van der Waals surface area contributed by atoms with Gasteiger partial charge >= 0.3 is 5.69 Å². The minimum atomic E-state index is -0.220. The Labute approximate surface area is 101 Å². The van der Waals surface area contributed by atoms with E-state index in [0.717, 1.165) is 32.7 Å². The lowest BCUT2D eigenvalue weighted by Crippen LogP contribution is -2.51. The van der Waals surface area contributed by atoms with Crippen molar-refractivity contribution in [2.75, 3.05) is 32.7 Å². The molecule has 0 atom stereocenters. The Morgan fingerprint density at radius 3 is 2.76 bits per heavy atom. The largest absolute Gasteiger partial charge is 0.348 e. The third-order valence-corrected chi connectivity index (χ3v) is 3.18. The predicted octanol–water partition coefficient (Wildman–Crippen LogP) is -0.116. The van der Waals surface area contributed by atoms with Gasteiger partial charge in [0.05, 0.1) is 5.54 Å². The quantitative estimate of drug-likeness (QED) is 0.795. The van der Waals surface area contributed by atoms with E-state index in [4.69, 9.17) is 0 Å². The normalized spacial score (nSPS) is 18.2. The Balaban J connectivity index is 2.12. The third kappa shape index (κ3) is 2.92. The summed E-state index contributed by atoms with van der Waals surface area (Å²) in [4.78, 5) is 17.9. The molecule has 0 unspecified atom stereocenters. The number of nitrogens with one attached hydrogen (secondary N) is 1. The van der Waals surface area contributed by atoms with Gasteiger partial charge < -0.3 is 5.32 Å². The van der Waals surface area contributed by atoms with E-state index in [0.29, 0.717) is 0 Å². The fourth-order valence-corrected chi connectivity index (χ4v) is 2.31. The van der Waals surface area contributed by atoms with Crippen LogP contribution in [0.2, 0.25) is 0 Å². The molecule has 17 heavy (non-hydrogen) atoms. The molecule has 1 fully saturated rings. The van der Waals surface area contributed by atoms with Crippen molar-refractivity contribution in [2.24, 2.45) is 0 Å². The van der Waals surface area contributed by atoms with E-state index in [2.05, 4.69) is 29.0 Å².